The summed E-state index contributed by atoms with van der Waals surface area (Å²) in [5, 5.41) is 2.90. The van der Waals surface area contributed by atoms with Gasteiger partial charge in [-0.05, 0) is 23.9 Å². The van der Waals surface area contributed by atoms with Crippen LogP contribution in [0, 0.1) is 0 Å². The molecule has 0 saturated heterocycles. The highest BCUT2D eigenvalue weighted by atomic mass is 16.5. The predicted molar refractivity (Wildman–Crippen MR) is 115 cm³/mol. The van der Waals surface area contributed by atoms with E-state index in [0.717, 1.165) is 46.0 Å². The molecule has 142 valence electrons. The van der Waals surface area contributed by atoms with E-state index in [-0.39, 0.29) is 5.78 Å². The highest BCUT2D eigenvalue weighted by molar-refractivity contribution is 6.21. The van der Waals surface area contributed by atoms with Gasteiger partial charge in [0.05, 0.1) is 7.11 Å². The number of unbranched alkanes of at least 4 members (excludes halogenated alkanes) is 2. The number of benzene rings is 3. The molecule has 28 heavy (non-hydrogen) atoms. The van der Waals surface area contributed by atoms with Gasteiger partial charge in [-0.1, -0.05) is 68.3 Å². The Hall–Kier alpha value is -3.07. The van der Waals surface area contributed by atoms with E-state index in [0.29, 0.717) is 5.56 Å². The van der Waals surface area contributed by atoms with Gasteiger partial charge in [-0.25, -0.2) is 0 Å². The summed E-state index contributed by atoms with van der Waals surface area (Å²) in [7, 11) is 1.66. The summed E-state index contributed by atoms with van der Waals surface area (Å²) in [6.07, 6.45) is 5.53. The van der Waals surface area contributed by atoms with E-state index in [9.17, 15) is 4.79 Å². The average molecular weight is 371 g/mol. The summed E-state index contributed by atoms with van der Waals surface area (Å²) in [4.78, 5) is 13.6. The molecule has 0 atom stereocenters. The highest BCUT2D eigenvalue weighted by Gasteiger charge is 2.19. The molecule has 0 spiro atoms. The lowest BCUT2D eigenvalue weighted by molar-refractivity contribution is 0.104. The number of aromatic nitrogens is 1. The van der Waals surface area contributed by atoms with Crippen molar-refractivity contribution in [3.63, 3.8) is 0 Å². The third-order valence-electron chi connectivity index (χ3n) is 5.38. The number of carbonyl (C=O) groups excluding carboxylic acids is 1. The molecule has 0 aliphatic carbocycles. The number of fused-ring (bicyclic) bond motifs is 2. The molecule has 0 aliphatic heterocycles. The molecule has 0 saturated carbocycles. The molecule has 3 nitrogen and oxygen atoms in total. The SMILES string of the molecule is CCCCCn1cc(C(=O)c2cccc3c(OC)cccc23)c2ccccc21. The Morgan fingerprint density at radius 1 is 0.857 bits per heavy atom. The number of nitrogens with zero attached hydrogens (tertiary/aromatic N) is 1. The van der Waals surface area contributed by atoms with Gasteiger partial charge in [0.2, 0.25) is 0 Å². The fourth-order valence-electron chi connectivity index (χ4n) is 3.95. The van der Waals surface area contributed by atoms with E-state index in [1.807, 2.05) is 60.8 Å². The van der Waals surface area contributed by atoms with Gasteiger partial charge in [-0.3, -0.25) is 4.79 Å². The van der Waals surface area contributed by atoms with Crippen LogP contribution in [0.25, 0.3) is 21.7 Å². The van der Waals surface area contributed by atoms with Crippen LogP contribution >= 0.6 is 0 Å². The maximum atomic E-state index is 13.6. The van der Waals surface area contributed by atoms with E-state index in [1.165, 1.54) is 12.8 Å². The van der Waals surface area contributed by atoms with Gasteiger partial charge in [0, 0.05) is 40.2 Å². The largest absolute Gasteiger partial charge is 0.496 e. The van der Waals surface area contributed by atoms with Crippen molar-refractivity contribution >= 4 is 27.5 Å². The lowest BCUT2D eigenvalue weighted by Gasteiger charge is -2.09. The van der Waals surface area contributed by atoms with Crippen molar-refractivity contribution in [1.82, 2.24) is 4.57 Å². The van der Waals surface area contributed by atoms with Gasteiger partial charge in [0.15, 0.2) is 5.78 Å². The second-order valence-corrected chi connectivity index (χ2v) is 7.15. The summed E-state index contributed by atoms with van der Waals surface area (Å²) in [5.41, 5.74) is 2.61. The number of ether oxygens (including phenoxy) is 1. The van der Waals surface area contributed by atoms with Crippen LogP contribution < -0.4 is 4.74 Å². The molecule has 0 bridgehead atoms. The van der Waals surface area contributed by atoms with E-state index >= 15 is 0 Å². The first-order valence-corrected chi connectivity index (χ1v) is 9.93. The molecule has 1 aromatic heterocycles. The molecular weight excluding hydrogens is 346 g/mol. The fraction of sp³-hybridized carbons (Fsp3) is 0.240. The minimum atomic E-state index is 0.0595. The zero-order valence-electron chi connectivity index (χ0n) is 16.4. The van der Waals surface area contributed by atoms with Crippen molar-refractivity contribution in [1.29, 1.82) is 0 Å². The molecular formula is C25H25NO2. The maximum Gasteiger partial charge on any atom is 0.195 e. The molecule has 3 aromatic carbocycles. The third-order valence-corrected chi connectivity index (χ3v) is 5.38. The quantitative estimate of drug-likeness (QED) is 0.285. The van der Waals surface area contributed by atoms with E-state index in [4.69, 9.17) is 4.74 Å². The number of para-hydroxylation sites is 1. The van der Waals surface area contributed by atoms with Gasteiger partial charge in [0.25, 0.3) is 0 Å². The molecule has 0 radical (unpaired) electrons. The molecule has 0 amide bonds. The third kappa shape index (κ3) is 3.18. The highest BCUT2D eigenvalue weighted by Crippen LogP contribution is 2.31. The topological polar surface area (TPSA) is 31.2 Å². The molecule has 1 heterocycles. The Kier molecular flexibility index (Phi) is 5.16. The first-order chi connectivity index (χ1) is 13.7. The van der Waals surface area contributed by atoms with Gasteiger partial charge in [-0.15, -0.1) is 0 Å². The van der Waals surface area contributed by atoms with Crippen molar-refractivity contribution < 1.29 is 9.53 Å². The Balaban J connectivity index is 1.83. The van der Waals surface area contributed by atoms with Crippen molar-refractivity contribution in [2.45, 2.75) is 32.7 Å². The van der Waals surface area contributed by atoms with Gasteiger partial charge >= 0.3 is 0 Å². The maximum absolute atomic E-state index is 13.6. The summed E-state index contributed by atoms with van der Waals surface area (Å²) in [6.45, 7) is 3.14. The Labute approximate surface area is 165 Å². The molecule has 3 heteroatoms. The summed E-state index contributed by atoms with van der Waals surface area (Å²) in [5.74, 6) is 0.846. The number of aryl methyl sites for hydroxylation is 1. The average Bonchev–Trinajstić information content (AvgIpc) is 3.11. The zero-order chi connectivity index (χ0) is 19.5. The van der Waals surface area contributed by atoms with Crippen molar-refractivity contribution in [3.8, 4) is 5.75 Å². The Morgan fingerprint density at radius 3 is 2.43 bits per heavy atom. The number of hydrogen-bond acceptors (Lipinski definition) is 2. The summed E-state index contributed by atoms with van der Waals surface area (Å²) < 4.78 is 7.71. The molecule has 0 N–H and O–H groups in total. The van der Waals surface area contributed by atoms with E-state index in [2.05, 4.69) is 17.6 Å². The van der Waals surface area contributed by atoms with E-state index < -0.39 is 0 Å². The van der Waals surface area contributed by atoms with Gasteiger partial charge in [0.1, 0.15) is 5.75 Å². The number of rotatable bonds is 7. The summed E-state index contributed by atoms with van der Waals surface area (Å²) >= 11 is 0. The van der Waals surface area contributed by atoms with Crippen molar-refractivity contribution in [2.75, 3.05) is 7.11 Å². The number of carbonyl (C=O) groups is 1. The minimum Gasteiger partial charge on any atom is -0.496 e. The fourth-order valence-corrected chi connectivity index (χ4v) is 3.95. The Bertz CT molecular complexity index is 1140. The summed E-state index contributed by atoms with van der Waals surface area (Å²) in [6, 6.07) is 19.9. The first-order valence-electron chi connectivity index (χ1n) is 9.93. The van der Waals surface area contributed by atoms with Crippen LogP contribution in [0.4, 0.5) is 0 Å². The van der Waals surface area contributed by atoms with Crippen LogP contribution in [0.1, 0.15) is 42.1 Å². The van der Waals surface area contributed by atoms with E-state index in [1.54, 1.807) is 7.11 Å². The molecule has 4 rings (SSSR count). The number of methoxy groups -OCH3 is 1. The van der Waals surface area contributed by atoms with Crippen LogP contribution in [-0.2, 0) is 6.54 Å². The minimum absolute atomic E-state index is 0.0595. The van der Waals surface area contributed by atoms with Crippen LogP contribution in [0.3, 0.4) is 0 Å². The lowest BCUT2D eigenvalue weighted by Crippen LogP contribution is -2.02. The van der Waals surface area contributed by atoms with Crippen molar-refractivity contribution in [2.24, 2.45) is 0 Å². The van der Waals surface area contributed by atoms with Gasteiger partial charge < -0.3 is 9.30 Å². The Morgan fingerprint density at radius 2 is 1.61 bits per heavy atom. The zero-order valence-corrected chi connectivity index (χ0v) is 16.4. The van der Waals surface area contributed by atoms with Gasteiger partial charge in [-0.2, -0.15) is 0 Å². The second-order valence-electron chi connectivity index (χ2n) is 7.15. The van der Waals surface area contributed by atoms with Crippen LogP contribution in [0.5, 0.6) is 5.75 Å². The molecule has 0 fully saturated rings. The normalized spacial score (nSPS) is 11.2. The monoisotopic (exact) mass is 371 g/mol. The molecule has 0 aliphatic rings. The first kappa shape index (κ1) is 18.3. The van der Waals surface area contributed by atoms with Crippen LogP contribution in [0.2, 0.25) is 0 Å². The number of ketones is 1. The molecule has 4 aromatic rings. The van der Waals surface area contributed by atoms with Crippen LogP contribution in [-0.4, -0.2) is 17.5 Å². The lowest BCUT2D eigenvalue weighted by atomic mass is 9.96. The van der Waals surface area contributed by atoms with Crippen LogP contribution in [0.15, 0.2) is 66.9 Å². The smallest absolute Gasteiger partial charge is 0.195 e. The second kappa shape index (κ2) is 7.89. The standard InChI is InChI=1S/C25H25NO2/c1-3-4-7-16-26-17-22(19-10-5-6-14-23(19)26)25(27)21-13-8-12-20-18(21)11-9-15-24(20)28-2/h5-6,8-15,17H,3-4,7,16H2,1-2H3. The molecule has 0 unspecified atom stereocenters. The number of hydrogen-bond donors (Lipinski definition) is 0. The van der Waals surface area contributed by atoms with Crippen molar-refractivity contribution in [3.05, 3.63) is 78.0 Å². The predicted octanol–water partition coefficient (Wildman–Crippen LogP) is 6.22.